The van der Waals surface area contributed by atoms with Crippen LogP contribution in [0.3, 0.4) is 0 Å². The van der Waals surface area contributed by atoms with E-state index in [-0.39, 0.29) is 5.82 Å². The van der Waals surface area contributed by atoms with Gasteiger partial charge in [0.1, 0.15) is 5.82 Å². The van der Waals surface area contributed by atoms with Crippen LogP contribution in [0.4, 0.5) is 4.39 Å². The lowest BCUT2D eigenvalue weighted by molar-refractivity contribution is -0.00610. The molecule has 4 heteroatoms. The first-order valence-corrected chi connectivity index (χ1v) is 6.84. The van der Waals surface area contributed by atoms with Crippen LogP contribution in [0.5, 0.6) is 0 Å². The summed E-state index contributed by atoms with van der Waals surface area (Å²) in [4.78, 5) is 0. The second-order valence-electron chi connectivity index (χ2n) is 5.68. The summed E-state index contributed by atoms with van der Waals surface area (Å²) >= 11 is 6.07. The average Bonchev–Trinajstić information content (AvgIpc) is 2.64. The van der Waals surface area contributed by atoms with Crippen molar-refractivity contribution in [1.82, 2.24) is 5.32 Å². The number of benzene rings is 1. The normalized spacial score (nSPS) is 34.8. The molecule has 0 radical (unpaired) electrons. The Labute approximate surface area is 111 Å². The van der Waals surface area contributed by atoms with Gasteiger partial charge in [0.05, 0.1) is 5.60 Å². The van der Waals surface area contributed by atoms with Crippen molar-refractivity contribution < 1.29 is 9.50 Å². The second kappa shape index (κ2) is 4.48. The molecule has 3 rings (SSSR count). The van der Waals surface area contributed by atoms with Crippen LogP contribution in [0.15, 0.2) is 18.2 Å². The van der Waals surface area contributed by atoms with Crippen molar-refractivity contribution >= 4 is 11.6 Å². The fourth-order valence-corrected chi connectivity index (χ4v) is 3.59. The minimum Gasteiger partial charge on any atom is -0.389 e. The summed E-state index contributed by atoms with van der Waals surface area (Å²) in [7, 11) is 0. The van der Waals surface area contributed by atoms with Gasteiger partial charge in [0.2, 0.25) is 0 Å². The Hall–Kier alpha value is -0.640. The van der Waals surface area contributed by atoms with E-state index in [4.69, 9.17) is 11.6 Å². The zero-order valence-corrected chi connectivity index (χ0v) is 10.9. The first-order chi connectivity index (χ1) is 8.54. The van der Waals surface area contributed by atoms with Crippen LogP contribution in [-0.2, 0) is 6.42 Å². The van der Waals surface area contributed by atoms with Crippen LogP contribution in [0.25, 0.3) is 0 Å². The summed E-state index contributed by atoms with van der Waals surface area (Å²) in [6.07, 6.45) is 4.17. The lowest BCUT2D eigenvalue weighted by atomic mass is 9.82. The van der Waals surface area contributed by atoms with Crippen molar-refractivity contribution in [3.8, 4) is 0 Å². The molecule has 2 fully saturated rings. The number of hydrogen-bond acceptors (Lipinski definition) is 2. The Morgan fingerprint density at radius 2 is 2.00 bits per heavy atom. The van der Waals surface area contributed by atoms with Gasteiger partial charge >= 0.3 is 0 Å². The predicted octanol–water partition coefficient (Wildman–Crippen LogP) is 2.67. The van der Waals surface area contributed by atoms with Crippen LogP contribution in [0.1, 0.15) is 31.2 Å². The van der Waals surface area contributed by atoms with E-state index in [1.165, 1.54) is 12.1 Å². The van der Waals surface area contributed by atoms with Gasteiger partial charge in [-0.05, 0) is 49.4 Å². The number of halogens is 2. The first kappa shape index (κ1) is 12.4. The molecule has 2 nitrogen and oxygen atoms in total. The maximum atomic E-state index is 13.2. The average molecular weight is 270 g/mol. The van der Waals surface area contributed by atoms with E-state index >= 15 is 0 Å². The molecule has 18 heavy (non-hydrogen) atoms. The molecule has 2 heterocycles. The molecule has 2 bridgehead atoms. The highest BCUT2D eigenvalue weighted by molar-refractivity contribution is 6.31. The molecule has 2 atom stereocenters. The molecular formula is C14H17ClFNO. The fourth-order valence-electron chi connectivity index (χ4n) is 3.40. The van der Waals surface area contributed by atoms with Crippen LogP contribution in [0.2, 0.25) is 5.02 Å². The van der Waals surface area contributed by atoms with E-state index < -0.39 is 5.60 Å². The Bertz CT molecular complexity index is 453. The van der Waals surface area contributed by atoms with E-state index in [0.717, 1.165) is 25.7 Å². The predicted molar refractivity (Wildman–Crippen MR) is 69.2 cm³/mol. The van der Waals surface area contributed by atoms with E-state index in [9.17, 15) is 9.50 Å². The summed E-state index contributed by atoms with van der Waals surface area (Å²) in [5, 5.41) is 14.7. The molecule has 0 saturated carbocycles. The van der Waals surface area contributed by atoms with E-state index in [0.29, 0.717) is 29.1 Å². The number of piperidine rings is 1. The topological polar surface area (TPSA) is 32.3 Å². The molecule has 1 aromatic rings. The Kier molecular flexibility index (Phi) is 3.08. The van der Waals surface area contributed by atoms with Crippen LogP contribution in [-0.4, -0.2) is 22.8 Å². The molecule has 98 valence electrons. The molecular weight excluding hydrogens is 253 g/mol. The molecule has 0 amide bonds. The summed E-state index contributed by atoms with van der Waals surface area (Å²) < 4.78 is 13.2. The standard InChI is InChI=1S/C14H17ClFNO/c15-13-4-1-10(16)5-9(13)6-14(18)7-11-2-3-12(8-14)17-11/h1,4-5,11-12,17-18H,2-3,6-8H2. The monoisotopic (exact) mass is 269 g/mol. The molecule has 2 unspecified atom stereocenters. The highest BCUT2D eigenvalue weighted by atomic mass is 35.5. The van der Waals surface area contributed by atoms with Gasteiger partial charge in [0.25, 0.3) is 0 Å². The quantitative estimate of drug-likeness (QED) is 0.865. The van der Waals surface area contributed by atoms with Gasteiger partial charge in [-0.3, -0.25) is 0 Å². The lowest BCUT2D eigenvalue weighted by Crippen LogP contribution is -2.49. The van der Waals surface area contributed by atoms with Crippen LogP contribution < -0.4 is 5.32 Å². The third kappa shape index (κ3) is 2.40. The maximum Gasteiger partial charge on any atom is 0.123 e. The summed E-state index contributed by atoms with van der Waals surface area (Å²) in [5.41, 5.74) is -0.0328. The summed E-state index contributed by atoms with van der Waals surface area (Å²) in [6.45, 7) is 0. The van der Waals surface area contributed by atoms with Gasteiger partial charge < -0.3 is 10.4 Å². The van der Waals surface area contributed by atoms with Crippen LogP contribution >= 0.6 is 11.6 Å². The second-order valence-corrected chi connectivity index (χ2v) is 6.09. The fraction of sp³-hybridized carbons (Fsp3) is 0.571. The number of aliphatic hydroxyl groups is 1. The molecule has 0 aliphatic carbocycles. The lowest BCUT2D eigenvalue weighted by Gasteiger charge is -2.37. The molecule has 2 aliphatic heterocycles. The zero-order chi connectivity index (χ0) is 12.8. The Morgan fingerprint density at radius 3 is 2.67 bits per heavy atom. The van der Waals surface area contributed by atoms with Gasteiger partial charge in [-0.15, -0.1) is 0 Å². The highest BCUT2D eigenvalue weighted by Gasteiger charge is 2.42. The van der Waals surface area contributed by atoms with E-state index in [2.05, 4.69) is 5.32 Å². The van der Waals surface area contributed by atoms with Crippen molar-refractivity contribution in [2.75, 3.05) is 0 Å². The summed E-state index contributed by atoms with van der Waals surface area (Å²) in [6, 6.07) is 5.15. The minimum atomic E-state index is -0.742. The third-order valence-corrected chi connectivity index (χ3v) is 4.48. The highest BCUT2D eigenvalue weighted by Crippen LogP contribution is 2.37. The van der Waals surface area contributed by atoms with Crippen molar-refractivity contribution in [1.29, 1.82) is 0 Å². The van der Waals surface area contributed by atoms with Gasteiger partial charge in [0, 0.05) is 23.5 Å². The van der Waals surface area contributed by atoms with Gasteiger partial charge in [0.15, 0.2) is 0 Å². The zero-order valence-electron chi connectivity index (χ0n) is 10.1. The largest absolute Gasteiger partial charge is 0.389 e. The molecule has 1 aromatic carbocycles. The van der Waals surface area contributed by atoms with Crippen LogP contribution in [0, 0.1) is 5.82 Å². The molecule has 2 N–H and O–H groups in total. The minimum absolute atomic E-state index is 0.296. The number of hydrogen-bond donors (Lipinski definition) is 2. The molecule has 2 aliphatic rings. The third-order valence-electron chi connectivity index (χ3n) is 4.11. The molecule has 0 spiro atoms. The Balaban J connectivity index is 1.81. The van der Waals surface area contributed by atoms with Crippen molar-refractivity contribution in [2.45, 2.75) is 49.8 Å². The smallest absolute Gasteiger partial charge is 0.123 e. The van der Waals surface area contributed by atoms with Crippen molar-refractivity contribution in [3.63, 3.8) is 0 Å². The SMILES string of the molecule is OC1(Cc2cc(F)ccc2Cl)CC2CCC(C1)N2. The van der Waals surface area contributed by atoms with E-state index in [1.807, 2.05) is 0 Å². The first-order valence-electron chi connectivity index (χ1n) is 6.46. The Morgan fingerprint density at radius 1 is 1.33 bits per heavy atom. The number of fused-ring (bicyclic) bond motifs is 2. The molecule has 2 saturated heterocycles. The van der Waals surface area contributed by atoms with Gasteiger partial charge in [-0.2, -0.15) is 0 Å². The summed E-state index contributed by atoms with van der Waals surface area (Å²) in [5.74, 6) is -0.296. The van der Waals surface area contributed by atoms with Crippen molar-refractivity contribution in [2.24, 2.45) is 0 Å². The van der Waals surface area contributed by atoms with Gasteiger partial charge in [-0.1, -0.05) is 11.6 Å². The maximum absolute atomic E-state index is 13.2. The van der Waals surface area contributed by atoms with E-state index in [1.54, 1.807) is 6.07 Å². The van der Waals surface area contributed by atoms with Gasteiger partial charge in [-0.25, -0.2) is 4.39 Å². The number of rotatable bonds is 2. The van der Waals surface area contributed by atoms with Crippen molar-refractivity contribution in [3.05, 3.63) is 34.6 Å². The molecule has 0 aromatic heterocycles. The number of nitrogens with one attached hydrogen (secondary N) is 1.